The van der Waals surface area contributed by atoms with Gasteiger partial charge in [-0.25, -0.2) is 13.1 Å². The molecule has 1 N–H and O–H groups in total. The van der Waals surface area contributed by atoms with Crippen LogP contribution in [0.2, 0.25) is 0 Å². The summed E-state index contributed by atoms with van der Waals surface area (Å²) in [5.41, 5.74) is 3.49. The highest BCUT2D eigenvalue weighted by Crippen LogP contribution is 2.28. The zero-order valence-electron chi connectivity index (χ0n) is 16.5. The molecule has 9 heteroatoms. The van der Waals surface area contributed by atoms with E-state index in [0.717, 1.165) is 53.2 Å². The van der Waals surface area contributed by atoms with Crippen LogP contribution in [0.25, 0.3) is 21.2 Å². The smallest absolute Gasteiger partial charge is 0.257 e. The van der Waals surface area contributed by atoms with Crippen molar-refractivity contribution in [3.05, 3.63) is 66.1 Å². The van der Waals surface area contributed by atoms with Crippen LogP contribution in [0.15, 0.2) is 60.5 Å². The van der Waals surface area contributed by atoms with Crippen molar-refractivity contribution in [2.75, 3.05) is 36.4 Å². The van der Waals surface area contributed by atoms with Crippen molar-refractivity contribution in [1.29, 1.82) is 0 Å². The van der Waals surface area contributed by atoms with Gasteiger partial charge in [-0.2, -0.15) is 0 Å². The molecule has 0 bridgehead atoms. The molecule has 1 amide bonds. The fraction of sp³-hybridized carbons (Fsp3) is 0.182. The number of pyridine rings is 2. The van der Waals surface area contributed by atoms with E-state index in [4.69, 9.17) is 0 Å². The number of benzene rings is 1. The zero-order chi connectivity index (χ0) is 21.2. The number of nitrogens with zero attached hydrogens (tertiary/aromatic N) is 5. The number of thiazole rings is 1. The van der Waals surface area contributed by atoms with Crippen molar-refractivity contribution < 1.29 is 4.79 Å². The predicted molar refractivity (Wildman–Crippen MR) is 133 cm³/mol. The molecule has 1 saturated heterocycles. The van der Waals surface area contributed by atoms with E-state index in [1.54, 1.807) is 29.8 Å². The van der Waals surface area contributed by atoms with Crippen molar-refractivity contribution in [3.63, 3.8) is 0 Å². The van der Waals surface area contributed by atoms with Gasteiger partial charge in [0.25, 0.3) is 5.91 Å². The van der Waals surface area contributed by atoms with Crippen LogP contribution < -0.4 is 10.2 Å². The van der Waals surface area contributed by atoms with Crippen LogP contribution in [0.5, 0.6) is 0 Å². The molecule has 1 aromatic carbocycles. The number of anilines is 2. The molecule has 4 aromatic rings. The number of halogens is 1. The van der Waals surface area contributed by atoms with Crippen molar-refractivity contribution in [1.82, 2.24) is 18.1 Å². The fourth-order valence-electron chi connectivity index (χ4n) is 3.55. The molecule has 1 aliphatic heterocycles. The molecule has 156 valence electrons. The quantitative estimate of drug-likeness (QED) is 0.303. The largest absolute Gasteiger partial charge is 0.354 e. The van der Waals surface area contributed by atoms with Gasteiger partial charge in [0.1, 0.15) is 11.6 Å². The lowest BCUT2D eigenvalue weighted by Gasteiger charge is -2.32. The maximum absolute atomic E-state index is 12.9. The topological polar surface area (TPSA) is 74.2 Å². The summed E-state index contributed by atoms with van der Waals surface area (Å²) in [6, 6.07) is 11.7. The van der Waals surface area contributed by atoms with E-state index in [1.807, 2.05) is 29.9 Å². The van der Waals surface area contributed by atoms with Gasteiger partial charge in [0, 0.05) is 78.6 Å². The van der Waals surface area contributed by atoms with E-state index in [2.05, 4.69) is 63.3 Å². The van der Waals surface area contributed by atoms with Gasteiger partial charge in [-0.05, 0) is 35.2 Å². The molecule has 0 unspecified atom stereocenters. The van der Waals surface area contributed by atoms with Crippen molar-refractivity contribution in [2.45, 2.75) is 0 Å². The minimum absolute atomic E-state index is 0.193. The summed E-state index contributed by atoms with van der Waals surface area (Å²) >= 11 is 3.94. The van der Waals surface area contributed by atoms with Gasteiger partial charge >= 0.3 is 0 Å². The van der Waals surface area contributed by atoms with Crippen LogP contribution in [-0.4, -0.2) is 50.2 Å². The first-order chi connectivity index (χ1) is 15.2. The summed E-state index contributed by atoms with van der Waals surface area (Å²) in [5.74, 6) is 1.16. The van der Waals surface area contributed by atoms with E-state index in [0.29, 0.717) is 11.4 Å². The Morgan fingerprint density at radius 1 is 1.00 bits per heavy atom. The van der Waals surface area contributed by atoms with Gasteiger partial charge in [0.2, 0.25) is 0 Å². The number of carbonyl (C=O) groups is 1. The number of fused-ring (bicyclic) bond motifs is 1. The SMILES string of the molecule is O=C(Nc1cc2cc(-c3cncs3)ccc2cn1)c1ccnc(N2CCN(I)CC2)c1. The standard InChI is InChI=1S/C22H19IN6OS/c23-29-7-5-28(6-8-29)21-11-16(3-4-25-21)22(30)27-20-10-18-9-15(19-13-24-14-31-19)1-2-17(18)12-26-20/h1-4,9-14H,5-8H2,(H,26,27,30). The van der Waals surface area contributed by atoms with Crippen molar-refractivity contribution in [3.8, 4) is 10.4 Å². The van der Waals surface area contributed by atoms with Gasteiger partial charge in [-0.1, -0.05) is 12.1 Å². The highest BCUT2D eigenvalue weighted by molar-refractivity contribution is 14.1. The van der Waals surface area contributed by atoms with Gasteiger partial charge in [-0.3, -0.25) is 9.78 Å². The van der Waals surface area contributed by atoms with Crippen LogP contribution in [0, 0.1) is 0 Å². The van der Waals surface area contributed by atoms with E-state index in [1.165, 1.54) is 0 Å². The van der Waals surface area contributed by atoms with Crippen LogP contribution in [0.1, 0.15) is 10.4 Å². The summed E-state index contributed by atoms with van der Waals surface area (Å²) < 4.78 is 2.26. The number of nitrogens with one attached hydrogen (secondary N) is 1. The molecule has 0 saturated carbocycles. The first kappa shape index (κ1) is 20.3. The Morgan fingerprint density at radius 3 is 2.68 bits per heavy atom. The molecular weight excluding hydrogens is 523 g/mol. The van der Waals surface area contributed by atoms with Gasteiger partial charge in [0.05, 0.1) is 10.4 Å². The number of aromatic nitrogens is 3. The van der Waals surface area contributed by atoms with Gasteiger partial charge < -0.3 is 10.2 Å². The van der Waals surface area contributed by atoms with Crippen LogP contribution in [0.3, 0.4) is 0 Å². The Labute approximate surface area is 197 Å². The molecule has 7 nitrogen and oxygen atoms in total. The monoisotopic (exact) mass is 542 g/mol. The van der Waals surface area contributed by atoms with Gasteiger partial charge in [0.15, 0.2) is 0 Å². The molecular formula is C22H19IN6OS. The number of amides is 1. The lowest BCUT2D eigenvalue weighted by Crippen LogP contribution is -2.42. The third kappa shape index (κ3) is 4.53. The highest BCUT2D eigenvalue weighted by Gasteiger charge is 2.17. The van der Waals surface area contributed by atoms with E-state index >= 15 is 0 Å². The third-order valence-corrected chi connectivity index (χ3v) is 7.02. The molecule has 3 aromatic heterocycles. The third-order valence-electron chi connectivity index (χ3n) is 5.24. The second kappa shape index (κ2) is 8.85. The molecule has 31 heavy (non-hydrogen) atoms. The second-order valence-electron chi connectivity index (χ2n) is 7.25. The van der Waals surface area contributed by atoms with E-state index < -0.39 is 0 Å². The zero-order valence-corrected chi connectivity index (χ0v) is 19.5. The molecule has 0 spiro atoms. The average Bonchev–Trinajstić information content (AvgIpc) is 3.34. The van der Waals surface area contributed by atoms with Crippen LogP contribution >= 0.6 is 34.2 Å². The molecule has 0 aliphatic carbocycles. The summed E-state index contributed by atoms with van der Waals surface area (Å²) in [6.45, 7) is 3.75. The first-order valence-electron chi connectivity index (χ1n) is 9.87. The minimum atomic E-state index is -0.193. The van der Waals surface area contributed by atoms with Crippen molar-refractivity contribution >= 4 is 62.5 Å². The number of hydrogen-bond acceptors (Lipinski definition) is 7. The summed E-state index contributed by atoms with van der Waals surface area (Å²) in [4.78, 5) is 29.2. The average molecular weight is 542 g/mol. The van der Waals surface area contributed by atoms with E-state index in [9.17, 15) is 4.79 Å². The Balaban J connectivity index is 1.35. The lowest BCUT2D eigenvalue weighted by atomic mass is 10.1. The Bertz CT molecular complexity index is 1220. The predicted octanol–water partition coefficient (Wildman–Crippen LogP) is 4.48. The van der Waals surface area contributed by atoms with Crippen molar-refractivity contribution in [2.24, 2.45) is 0 Å². The summed E-state index contributed by atoms with van der Waals surface area (Å²) in [7, 11) is 0. The summed E-state index contributed by atoms with van der Waals surface area (Å²) in [6.07, 6.45) is 5.33. The molecule has 4 heterocycles. The molecule has 1 aliphatic rings. The number of carbonyl (C=O) groups excluding carboxylic acids is 1. The lowest BCUT2D eigenvalue weighted by molar-refractivity contribution is 0.102. The summed E-state index contributed by atoms with van der Waals surface area (Å²) in [5, 5.41) is 4.96. The normalized spacial score (nSPS) is 14.7. The highest BCUT2D eigenvalue weighted by atomic mass is 127. The fourth-order valence-corrected chi connectivity index (χ4v) is 4.60. The van der Waals surface area contributed by atoms with Crippen LogP contribution in [-0.2, 0) is 0 Å². The second-order valence-corrected chi connectivity index (χ2v) is 9.50. The molecule has 1 fully saturated rings. The number of piperazine rings is 1. The Hall–Kier alpha value is -2.63. The molecule has 0 radical (unpaired) electrons. The maximum Gasteiger partial charge on any atom is 0.257 e. The van der Waals surface area contributed by atoms with E-state index in [-0.39, 0.29) is 5.91 Å². The number of hydrogen-bond donors (Lipinski definition) is 1. The first-order valence-corrected chi connectivity index (χ1v) is 11.7. The molecule has 0 atom stereocenters. The minimum Gasteiger partial charge on any atom is -0.354 e. The Kier molecular flexibility index (Phi) is 5.79. The molecule has 5 rings (SSSR count). The van der Waals surface area contributed by atoms with Gasteiger partial charge in [-0.15, -0.1) is 11.3 Å². The Morgan fingerprint density at radius 2 is 1.87 bits per heavy atom. The van der Waals surface area contributed by atoms with Crippen LogP contribution in [0.4, 0.5) is 11.6 Å². The number of rotatable bonds is 4. The maximum atomic E-state index is 12.9.